The fourth-order valence-corrected chi connectivity index (χ4v) is 3.47. The second-order valence-corrected chi connectivity index (χ2v) is 6.87. The number of halogens is 1. The summed E-state index contributed by atoms with van der Waals surface area (Å²) in [5, 5.41) is 1.15. The first-order chi connectivity index (χ1) is 12.0. The molecule has 0 amide bonds. The van der Waals surface area contributed by atoms with Crippen molar-refractivity contribution in [1.82, 2.24) is 4.98 Å². The second kappa shape index (κ2) is 7.66. The number of benzene rings is 2. The van der Waals surface area contributed by atoms with Crippen molar-refractivity contribution in [2.24, 2.45) is 4.99 Å². The number of aromatic amines is 1. The van der Waals surface area contributed by atoms with E-state index in [-0.39, 0.29) is 18.9 Å². The van der Waals surface area contributed by atoms with E-state index in [2.05, 4.69) is 25.9 Å². The van der Waals surface area contributed by atoms with Crippen molar-refractivity contribution in [2.75, 3.05) is 13.2 Å². The van der Waals surface area contributed by atoms with Crippen LogP contribution in [0.1, 0.15) is 16.7 Å². The Labute approximate surface area is 155 Å². The van der Waals surface area contributed by atoms with Gasteiger partial charge in [-0.25, -0.2) is 0 Å². The zero-order valence-corrected chi connectivity index (χ0v) is 15.8. The highest BCUT2D eigenvalue weighted by atomic mass is 79.9. The maximum Gasteiger partial charge on any atom is 0.191 e. The number of aromatic nitrogens is 1. The molecule has 0 radical (unpaired) electrons. The highest BCUT2D eigenvalue weighted by Gasteiger charge is 2.09. The van der Waals surface area contributed by atoms with Crippen LogP contribution < -0.4 is 4.74 Å². The lowest BCUT2D eigenvalue weighted by molar-refractivity contribution is -0.119. The predicted molar refractivity (Wildman–Crippen MR) is 105 cm³/mol. The number of hydrogen-bond acceptors (Lipinski definition) is 3. The van der Waals surface area contributed by atoms with Gasteiger partial charge in [-0.05, 0) is 70.1 Å². The molecule has 1 heterocycles. The third-order valence-electron chi connectivity index (χ3n) is 3.84. The topological polar surface area (TPSA) is 54.4 Å². The molecule has 0 fully saturated rings. The van der Waals surface area contributed by atoms with Crippen LogP contribution in [0.5, 0.6) is 5.75 Å². The van der Waals surface area contributed by atoms with Gasteiger partial charge in [0.25, 0.3) is 0 Å². The molecule has 0 aliphatic heterocycles. The zero-order chi connectivity index (χ0) is 17.8. The number of nitrogens with one attached hydrogen (secondary N) is 1. The van der Waals surface area contributed by atoms with Gasteiger partial charge < -0.3 is 9.72 Å². The van der Waals surface area contributed by atoms with Crippen molar-refractivity contribution < 1.29 is 9.53 Å². The van der Waals surface area contributed by atoms with Gasteiger partial charge >= 0.3 is 0 Å². The largest absolute Gasteiger partial charge is 0.484 e. The molecule has 2 aromatic carbocycles. The molecule has 5 heteroatoms. The number of aryl methyl sites for hydroxylation is 2. The molecule has 0 aliphatic rings. The van der Waals surface area contributed by atoms with Gasteiger partial charge in [0.05, 0.1) is 4.47 Å². The van der Waals surface area contributed by atoms with E-state index in [1.54, 1.807) is 6.21 Å². The van der Waals surface area contributed by atoms with Gasteiger partial charge in [0, 0.05) is 17.9 Å². The molecule has 0 spiro atoms. The number of aliphatic imine (C=N–C) groups is 1. The Bertz CT molecular complexity index is 921. The van der Waals surface area contributed by atoms with Crippen LogP contribution in [-0.4, -0.2) is 30.1 Å². The number of H-pyrrole nitrogens is 1. The quantitative estimate of drug-likeness (QED) is 0.616. The maximum atomic E-state index is 12.0. The van der Waals surface area contributed by atoms with Gasteiger partial charge in [0.2, 0.25) is 0 Å². The molecule has 0 saturated carbocycles. The van der Waals surface area contributed by atoms with Crippen molar-refractivity contribution >= 4 is 38.8 Å². The average Bonchev–Trinajstić information content (AvgIpc) is 3.01. The second-order valence-electron chi connectivity index (χ2n) is 6.01. The molecular formula is C20H19BrN2O2. The van der Waals surface area contributed by atoms with Gasteiger partial charge in [-0.15, -0.1) is 0 Å². The Morgan fingerprint density at radius 2 is 2.08 bits per heavy atom. The lowest BCUT2D eigenvalue weighted by atomic mass is 10.1. The Morgan fingerprint density at radius 3 is 2.88 bits per heavy atom. The normalized spacial score (nSPS) is 11.3. The first kappa shape index (κ1) is 17.4. The summed E-state index contributed by atoms with van der Waals surface area (Å²) >= 11 is 3.48. The molecule has 25 heavy (non-hydrogen) atoms. The van der Waals surface area contributed by atoms with Crippen molar-refractivity contribution in [3.05, 3.63) is 63.8 Å². The lowest BCUT2D eigenvalue weighted by Crippen LogP contribution is -2.15. The molecular weight excluding hydrogens is 380 g/mol. The van der Waals surface area contributed by atoms with Crippen LogP contribution in [0.2, 0.25) is 0 Å². The van der Waals surface area contributed by atoms with E-state index in [0.29, 0.717) is 5.75 Å². The van der Waals surface area contributed by atoms with Crippen molar-refractivity contribution in [2.45, 2.75) is 13.8 Å². The third kappa shape index (κ3) is 4.37. The minimum Gasteiger partial charge on any atom is -0.484 e. The van der Waals surface area contributed by atoms with E-state index < -0.39 is 0 Å². The number of Topliss-reactive ketones (excluding diaryl/α,β-unsaturated/α-hetero) is 1. The number of carbonyl (C=O) groups excluding carboxylic acids is 1. The average molecular weight is 399 g/mol. The zero-order valence-electron chi connectivity index (χ0n) is 14.2. The monoisotopic (exact) mass is 398 g/mol. The molecule has 3 rings (SSSR count). The summed E-state index contributed by atoms with van der Waals surface area (Å²) in [6, 6.07) is 12.0. The SMILES string of the molecule is Cc1cc(C)c(OCC(=O)CN=Cc2ccc3cc[nH]c3c2)c(Br)c1. The molecule has 1 aromatic heterocycles. The van der Waals surface area contributed by atoms with Gasteiger partial charge in [0.15, 0.2) is 5.78 Å². The molecule has 3 aromatic rings. The Kier molecular flexibility index (Phi) is 5.34. The van der Waals surface area contributed by atoms with Crippen molar-refractivity contribution in [3.63, 3.8) is 0 Å². The first-order valence-corrected chi connectivity index (χ1v) is 8.80. The summed E-state index contributed by atoms with van der Waals surface area (Å²) in [5.74, 6) is 0.643. The number of nitrogens with zero attached hydrogens (tertiary/aromatic N) is 1. The molecule has 0 bridgehead atoms. The summed E-state index contributed by atoms with van der Waals surface area (Å²) in [6.07, 6.45) is 3.61. The van der Waals surface area contributed by atoms with Crippen LogP contribution in [0, 0.1) is 13.8 Å². The van der Waals surface area contributed by atoms with E-state index in [1.807, 2.05) is 56.4 Å². The number of ketones is 1. The fraction of sp³-hybridized carbons (Fsp3) is 0.200. The minimum absolute atomic E-state index is 0.00943. The first-order valence-electron chi connectivity index (χ1n) is 8.01. The standard InChI is InChI=1S/C20H19BrN2O2/c1-13-7-14(2)20(18(21)8-13)25-12-17(24)11-22-10-15-3-4-16-5-6-23-19(16)9-15/h3-10,23H,11-12H2,1-2H3. The van der Waals surface area contributed by atoms with Crippen molar-refractivity contribution in [1.29, 1.82) is 0 Å². The molecule has 0 aliphatic carbocycles. The van der Waals surface area contributed by atoms with Crippen LogP contribution >= 0.6 is 15.9 Å². The number of rotatable bonds is 6. The van der Waals surface area contributed by atoms with E-state index in [0.717, 1.165) is 32.1 Å². The van der Waals surface area contributed by atoms with Gasteiger partial charge in [-0.1, -0.05) is 18.2 Å². The summed E-state index contributed by atoms with van der Waals surface area (Å²) in [4.78, 5) is 19.4. The predicted octanol–water partition coefficient (Wildman–Crippen LogP) is 4.61. The number of ether oxygens (including phenoxy) is 1. The third-order valence-corrected chi connectivity index (χ3v) is 4.43. The molecule has 1 N–H and O–H groups in total. The smallest absolute Gasteiger partial charge is 0.191 e. The van der Waals surface area contributed by atoms with Crippen LogP contribution in [-0.2, 0) is 4.79 Å². The van der Waals surface area contributed by atoms with Gasteiger partial charge in [-0.3, -0.25) is 9.79 Å². The molecule has 4 nitrogen and oxygen atoms in total. The highest BCUT2D eigenvalue weighted by Crippen LogP contribution is 2.30. The van der Waals surface area contributed by atoms with E-state index >= 15 is 0 Å². The Morgan fingerprint density at radius 1 is 1.24 bits per heavy atom. The maximum absolute atomic E-state index is 12.0. The number of hydrogen-bond donors (Lipinski definition) is 1. The minimum atomic E-state index is -0.0657. The molecule has 0 unspecified atom stereocenters. The lowest BCUT2D eigenvalue weighted by Gasteiger charge is -2.11. The van der Waals surface area contributed by atoms with Crippen molar-refractivity contribution in [3.8, 4) is 5.75 Å². The van der Waals surface area contributed by atoms with Crippen LogP contribution in [0.4, 0.5) is 0 Å². The van der Waals surface area contributed by atoms with E-state index in [1.165, 1.54) is 0 Å². The summed E-state index contributed by atoms with van der Waals surface area (Å²) in [5.41, 5.74) is 4.16. The Balaban J connectivity index is 1.56. The van der Waals surface area contributed by atoms with E-state index in [9.17, 15) is 4.79 Å². The van der Waals surface area contributed by atoms with Crippen LogP contribution in [0.25, 0.3) is 10.9 Å². The van der Waals surface area contributed by atoms with Gasteiger partial charge in [-0.2, -0.15) is 0 Å². The number of fused-ring (bicyclic) bond motifs is 1. The van der Waals surface area contributed by atoms with E-state index in [4.69, 9.17) is 4.74 Å². The molecule has 0 saturated heterocycles. The van der Waals surface area contributed by atoms with Gasteiger partial charge in [0.1, 0.15) is 18.9 Å². The summed E-state index contributed by atoms with van der Waals surface area (Å²) in [6.45, 7) is 4.10. The number of carbonyl (C=O) groups is 1. The summed E-state index contributed by atoms with van der Waals surface area (Å²) in [7, 11) is 0. The Hall–Kier alpha value is -2.40. The molecule has 128 valence electrons. The van der Waals surface area contributed by atoms with Crippen LogP contribution in [0.3, 0.4) is 0 Å². The summed E-state index contributed by atoms with van der Waals surface area (Å²) < 4.78 is 6.52. The van der Waals surface area contributed by atoms with Crippen LogP contribution in [0.15, 0.2) is 52.1 Å². The fourth-order valence-electron chi connectivity index (χ4n) is 2.68. The highest BCUT2D eigenvalue weighted by molar-refractivity contribution is 9.10. The molecule has 0 atom stereocenters.